The van der Waals surface area contributed by atoms with Crippen LogP contribution in [0.5, 0.6) is 17.2 Å². The van der Waals surface area contributed by atoms with E-state index in [1.165, 1.54) is 31.5 Å². The highest BCUT2D eigenvalue weighted by atomic mass is 19.1. The third kappa shape index (κ3) is 4.05. The zero-order valence-corrected chi connectivity index (χ0v) is 14.9. The number of halogens is 1. The van der Waals surface area contributed by atoms with Gasteiger partial charge in [-0.3, -0.25) is 9.78 Å². The smallest absolute Gasteiger partial charge is 0.312 e. The lowest BCUT2D eigenvalue weighted by Crippen LogP contribution is -2.10. The first kappa shape index (κ1) is 18.4. The van der Waals surface area contributed by atoms with Gasteiger partial charge in [-0.1, -0.05) is 0 Å². The second kappa shape index (κ2) is 7.86. The molecule has 140 valence electrons. The van der Waals surface area contributed by atoms with Crippen LogP contribution < -0.4 is 15.2 Å². The Labute approximate surface area is 154 Å². The maximum absolute atomic E-state index is 14.1. The number of aromatic nitrogens is 2. The topological polar surface area (TPSA) is 96.6 Å². The van der Waals surface area contributed by atoms with Crippen molar-refractivity contribution in [3.63, 3.8) is 0 Å². The molecule has 0 saturated heterocycles. The maximum Gasteiger partial charge on any atom is 0.312 e. The van der Waals surface area contributed by atoms with Crippen LogP contribution in [0.4, 0.5) is 10.1 Å². The Morgan fingerprint density at radius 1 is 1.19 bits per heavy atom. The van der Waals surface area contributed by atoms with E-state index in [1.807, 2.05) is 0 Å². The number of pyridine rings is 2. The van der Waals surface area contributed by atoms with Gasteiger partial charge in [0.05, 0.1) is 31.3 Å². The van der Waals surface area contributed by atoms with Gasteiger partial charge in [-0.25, -0.2) is 9.37 Å². The average molecular weight is 371 g/mol. The van der Waals surface area contributed by atoms with Crippen molar-refractivity contribution in [1.82, 2.24) is 9.97 Å². The number of carbonyl (C=O) groups is 1. The molecular weight excluding hydrogens is 353 g/mol. The van der Waals surface area contributed by atoms with Gasteiger partial charge >= 0.3 is 5.97 Å². The lowest BCUT2D eigenvalue weighted by molar-refractivity contribution is -0.142. The molecule has 8 heteroatoms. The quantitative estimate of drug-likeness (QED) is 0.525. The molecule has 3 rings (SSSR count). The van der Waals surface area contributed by atoms with Crippen molar-refractivity contribution in [2.45, 2.75) is 13.3 Å². The van der Waals surface area contributed by atoms with E-state index in [0.29, 0.717) is 28.2 Å². The molecule has 27 heavy (non-hydrogen) atoms. The Balaban J connectivity index is 2.04. The maximum atomic E-state index is 14.1. The number of rotatable bonds is 6. The molecule has 2 heterocycles. The van der Waals surface area contributed by atoms with Gasteiger partial charge in [0.1, 0.15) is 11.3 Å². The van der Waals surface area contributed by atoms with Crippen LogP contribution in [0.3, 0.4) is 0 Å². The van der Waals surface area contributed by atoms with E-state index in [0.717, 1.165) is 0 Å². The number of nitrogens with two attached hydrogens (primary N) is 1. The first-order valence-corrected chi connectivity index (χ1v) is 8.23. The number of nitrogen functional groups attached to an aromatic ring is 1. The molecule has 2 aromatic heterocycles. The number of carbonyl (C=O) groups excluding carboxylic acids is 1. The van der Waals surface area contributed by atoms with E-state index in [1.54, 1.807) is 19.1 Å². The van der Waals surface area contributed by atoms with Crippen molar-refractivity contribution in [2.75, 3.05) is 19.5 Å². The highest BCUT2D eigenvalue weighted by molar-refractivity contribution is 5.84. The van der Waals surface area contributed by atoms with Crippen molar-refractivity contribution >= 4 is 22.7 Å². The fraction of sp³-hybridized carbons (Fsp3) is 0.211. The molecule has 0 fully saturated rings. The van der Waals surface area contributed by atoms with Gasteiger partial charge in [-0.15, -0.1) is 0 Å². The summed E-state index contributed by atoms with van der Waals surface area (Å²) in [5.41, 5.74) is 7.07. The standard InChI is InChI=1S/C19H18FN3O4/c1-3-26-18(24)10-13-17(25-2)9-14-19(23-13)16(6-7-22-14)27-15-5-4-11(21)8-12(15)20/h4-9H,3,10,21H2,1-2H3. The average Bonchev–Trinajstić information content (AvgIpc) is 2.64. The monoisotopic (exact) mass is 371 g/mol. The minimum atomic E-state index is -0.597. The number of nitrogens with zero attached hydrogens (tertiary/aromatic N) is 2. The normalized spacial score (nSPS) is 10.6. The highest BCUT2D eigenvalue weighted by Crippen LogP contribution is 2.32. The van der Waals surface area contributed by atoms with Gasteiger partial charge in [0.2, 0.25) is 0 Å². The van der Waals surface area contributed by atoms with Crippen molar-refractivity contribution < 1.29 is 23.4 Å². The van der Waals surface area contributed by atoms with E-state index in [9.17, 15) is 9.18 Å². The predicted molar refractivity (Wildman–Crippen MR) is 97.3 cm³/mol. The van der Waals surface area contributed by atoms with Crippen molar-refractivity contribution in [3.05, 3.63) is 48.0 Å². The van der Waals surface area contributed by atoms with Gasteiger partial charge in [0.25, 0.3) is 0 Å². The lowest BCUT2D eigenvalue weighted by atomic mass is 10.2. The number of esters is 1. The Hall–Kier alpha value is -3.42. The first-order valence-electron chi connectivity index (χ1n) is 8.23. The molecule has 2 N–H and O–H groups in total. The number of benzene rings is 1. The van der Waals surface area contributed by atoms with Gasteiger partial charge in [-0.05, 0) is 19.1 Å². The van der Waals surface area contributed by atoms with E-state index in [-0.39, 0.29) is 24.5 Å². The number of hydrogen-bond donors (Lipinski definition) is 1. The second-order valence-corrected chi connectivity index (χ2v) is 5.59. The third-order valence-corrected chi connectivity index (χ3v) is 3.73. The number of fused-ring (bicyclic) bond motifs is 1. The summed E-state index contributed by atoms with van der Waals surface area (Å²) in [5.74, 6) is -0.338. The second-order valence-electron chi connectivity index (χ2n) is 5.59. The van der Waals surface area contributed by atoms with Gasteiger partial charge in [0, 0.05) is 30.1 Å². The van der Waals surface area contributed by atoms with E-state index in [4.69, 9.17) is 19.9 Å². The number of hydrogen-bond acceptors (Lipinski definition) is 7. The summed E-state index contributed by atoms with van der Waals surface area (Å²) in [6.45, 7) is 1.99. The molecule has 0 atom stereocenters. The van der Waals surface area contributed by atoms with Gasteiger partial charge in [-0.2, -0.15) is 0 Å². The fourth-order valence-corrected chi connectivity index (χ4v) is 2.52. The first-order chi connectivity index (χ1) is 13.0. The molecule has 1 aromatic carbocycles. The summed E-state index contributed by atoms with van der Waals surface area (Å²) in [5, 5.41) is 0. The molecule has 0 aliphatic rings. The van der Waals surface area contributed by atoms with Crippen LogP contribution in [0, 0.1) is 5.82 Å². The molecular formula is C19H18FN3O4. The largest absolute Gasteiger partial charge is 0.495 e. The van der Waals surface area contributed by atoms with Crippen LogP contribution >= 0.6 is 0 Å². The minimum Gasteiger partial charge on any atom is -0.495 e. The molecule has 0 radical (unpaired) electrons. The van der Waals surface area contributed by atoms with Crippen molar-refractivity contribution in [3.8, 4) is 17.2 Å². The van der Waals surface area contributed by atoms with Crippen LogP contribution in [0.15, 0.2) is 36.5 Å². The minimum absolute atomic E-state index is 0.00117. The Morgan fingerprint density at radius 2 is 2.00 bits per heavy atom. The van der Waals surface area contributed by atoms with Gasteiger partial charge in [0.15, 0.2) is 17.3 Å². The van der Waals surface area contributed by atoms with E-state index >= 15 is 0 Å². The molecule has 0 bridgehead atoms. The molecule has 0 saturated carbocycles. The SMILES string of the molecule is CCOC(=O)Cc1nc2c(Oc3ccc(N)cc3F)ccnc2cc1OC. The molecule has 0 amide bonds. The Kier molecular flexibility index (Phi) is 5.35. The van der Waals surface area contributed by atoms with Gasteiger partial charge < -0.3 is 19.9 Å². The molecule has 0 aliphatic carbocycles. The third-order valence-electron chi connectivity index (χ3n) is 3.73. The van der Waals surface area contributed by atoms with Crippen LogP contribution in [0.2, 0.25) is 0 Å². The van der Waals surface area contributed by atoms with Crippen molar-refractivity contribution in [2.24, 2.45) is 0 Å². The van der Waals surface area contributed by atoms with E-state index in [2.05, 4.69) is 9.97 Å². The van der Waals surface area contributed by atoms with Crippen LogP contribution in [0.1, 0.15) is 12.6 Å². The predicted octanol–water partition coefficient (Wildman–Crippen LogP) is 3.26. The summed E-state index contributed by atoms with van der Waals surface area (Å²) < 4.78 is 30.0. The van der Waals surface area contributed by atoms with E-state index < -0.39 is 11.8 Å². The zero-order chi connectivity index (χ0) is 19.4. The van der Waals surface area contributed by atoms with Crippen LogP contribution in [-0.2, 0) is 16.0 Å². The van der Waals surface area contributed by atoms with Crippen LogP contribution in [-0.4, -0.2) is 29.7 Å². The summed E-state index contributed by atoms with van der Waals surface area (Å²) in [4.78, 5) is 20.5. The highest BCUT2D eigenvalue weighted by Gasteiger charge is 2.16. The zero-order valence-electron chi connectivity index (χ0n) is 14.9. The Bertz CT molecular complexity index is 994. The molecule has 0 unspecified atom stereocenters. The number of ether oxygens (including phenoxy) is 3. The summed E-state index contributed by atoms with van der Waals surface area (Å²) >= 11 is 0. The van der Waals surface area contributed by atoms with Crippen molar-refractivity contribution in [1.29, 1.82) is 0 Å². The molecule has 7 nitrogen and oxygen atoms in total. The fourth-order valence-electron chi connectivity index (χ4n) is 2.52. The Morgan fingerprint density at radius 3 is 2.70 bits per heavy atom. The summed E-state index contributed by atoms with van der Waals surface area (Å²) in [6, 6.07) is 7.33. The number of anilines is 1. The molecule has 0 spiro atoms. The van der Waals surface area contributed by atoms with Crippen LogP contribution in [0.25, 0.3) is 11.0 Å². The lowest BCUT2D eigenvalue weighted by Gasteiger charge is -2.12. The molecule has 3 aromatic rings. The molecule has 0 aliphatic heterocycles. The number of methoxy groups -OCH3 is 1. The summed E-state index contributed by atoms with van der Waals surface area (Å²) in [6.07, 6.45) is 1.44. The summed E-state index contributed by atoms with van der Waals surface area (Å²) in [7, 11) is 1.47.